The van der Waals surface area contributed by atoms with E-state index in [2.05, 4.69) is 28.7 Å². The third kappa shape index (κ3) is 4.50. The molecular formula is C8H17Cl2N3. The Morgan fingerprint density at radius 2 is 2.08 bits per heavy atom. The van der Waals surface area contributed by atoms with Crippen LogP contribution in [0.4, 0.5) is 0 Å². The van der Waals surface area contributed by atoms with Gasteiger partial charge in [-0.25, -0.2) is 4.98 Å². The number of halogens is 2. The summed E-state index contributed by atoms with van der Waals surface area (Å²) in [6, 6.07) is 0. The fourth-order valence-corrected chi connectivity index (χ4v) is 1.03. The largest absolute Gasteiger partial charge is 0.334 e. The summed E-state index contributed by atoms with van der Waals surface area (Å²) in [7, 11) is 0. The van der Waals surface area contributed by atoms with Crippen molar-refractivity contribution in [2.24, 2.45) is 0 Å². The number of aryl methyl sites for hydroxylation is 1. The highest BCUT2D eigenvalue weighted by atomic mass is 35.5. The Morgan fingerprint density at radius 3 is 2.62 bits per heavy atom. The van der Waals surface area contributed by atoms with Crippen LogP contribution in [0.25, 0.3) is 0 Å². The molecule has 3 nitrogen and oxygen atoms in total. The fourth-order valence-electron chi connectivity index (χ4n) is 1.03. The van der Waals surface area contributed by atoms with Crippen LogP contribution in [0.1, 0.15) is 19.7 Å². The molecule has 0 unspecified atom stereocenters. The van der Waals surface area contributed by atoms with Gasteiger partial charge in [-0.2, -0.15) is 0 Å². The van der Waals surface area contributed by atoms with Crippen molar-refractivity contribution in [1.29, 1.82) is 0 Å². The summed E-state index contributed by atoms with van der Waals surface area (Å²) in [5.74, 6) is 1.12. The first-order valence-electron chi connectivity index (χ1n) is 4.09. The van der Waals surface area contributed by atoms with E-state index in [9.17, 15) is 0 Å². The normalized spacial score (nSPS) is 8.77. The molecule has 1 heterocycles. The standard InChI is InChI=1S/C8H15N3.2ClH/c1-3-9-7-8-10-5-6-11(8)4-2;;/h5-6,9H,3-4,7H2,1-2H3;2*1H. The Bertz CT molecular complexity index is 213. The molecule has 0 fully saturated rings. The van der Waals surface area contributed by atoms with Gasteiger partial charge < -0.3 is 9.88 Å². The van der Waals surface area contributed by atoms with Crippen LogP contribution in [0.3, 0.4) is 0 Å². The van der Waals surface area contributed by atoms with Gasteiger partial charge in [-0.3, -0.25) is 0 Å². The Kier molecular flexibility index (Phi) is 9.79. The number of hydrogen-bond acceptors (Lipinski definition) is 2. The number of nitrogens with zero attached hydrogens (tertiary/aromatic N) is 2. The molecule has 0 aliphatic carbocycles. The quantitative estimate of drug-likeness (QED) is 0.849. The minimum Gasteiger partial charge on any atom is -0.334 e. The third-order valence-electron chi connectivity index (χ3n) is 1.68. The predicted molar refractivity (Wildman–Crippen MR) is 59.8 cm³/mol. The smallest absolute Gasteiger partial charge is 0.122 e. The van der Waals surface area contributed by atoms with Gasteiger partial charge >= 0.3 is 0 Å². The lowest BCUT2D eigenvalue weighted by Gasteiger charge is -2.03. The maximum atomic E-state index is 4.22. The minimum atomic E-state index is 0. The van der Waals surface area contributed by atoms with E-state index in [-0.39, 0.29) is 24.8 Å². The average molecular weight is 226 g/mol. The first-order valence-corrected chi connectivity index (χ1v) is 4.09. The third-order valence-corrected chi connectivity index (χ3v) is 1.68. The van der Waals surface area contributed by atoms with E-state index in [0.717, 1.165) is 25.5 Å². The van der Waals surface area contributed by atoms with E-state index in [0.29, 0.717) is 0 Å². The molecule has 0 aliphatic rings. The van der Waals surface area contributed by atoms with Crippen molar-refractivity contribution in [3.63, 3.8) is 0 Å². The molecule has 1 rings (SSSR count). The highest BCUT2D eigenvalue weighted by molar-refractivity contribution is 5.85. The lowest BCUT2D eigenvalue weighted by molar-refractivity contribution is 0.629. The Balaban J connectivity index is 0. The molecule has 1 aromatic rings. The summed E-state index contributed by atoms with van der Waals surface area (Å²) in [6.07, 6.45) is 3.85. The van der Waals surface area contributed by atoms with Gasteiger partial charge in [0.05, 0.1) is 6.54 Å². The molecule has 0 atom stereocenters. The van der Waals surface area contributed by atoms with E-state index in [1.54, 1.807) is 0 Å². The summed E-state index contributed by atoms with van der Waals surface area (Å²) in [5, 5.41) is 3.24. The molecule has 0 saturated heterocycles. The van der Waals surface area contributed by atoms with Crippen LogP contribution >= 0.6 is 24.8 Å². The number of rotatable bonds is 4. The Morgan fingerprint density at radius 1 is 1.38 bits per heavy atom. The molecule has 5 heteroatoms. The Labute approximate surface area is 91.8 Å². The summed E-state index contributed by atoms with van der Waals surface area (Å²) in [5.41, 5.74) is 0. The lowest BCUT2D eigenvalue weighted by Crippen LogP contribution is -2.15. The zero-order chi connectivity index (χ0) is 8.10. The van der Waals surface area contributed by atoms with Crippen molar-refractivity contribution in [1.82, 2.24) is 14.9 Å². The highest BCUT2D eigenvalue weighted by Gasteiger charge is 1.97. The average Bonchev–Trinajstić information content (AvgIpc) is 2.47. The van der Waals surface area contributed by atoms with E-state index in [1.807, 2.05) is 12.4 Å². The van der Waals surface area contributed by atoms with Gasteiger partial charge in [0.15, 0.2) is 0 Å². The van der Waals surface area contributed by atoms with E-state index in [4.69, 9.17) is 0 Å². The molecule has 0 aromatic carbocycles. The van der Waals surface area contributed by atoms with Crippen LogP contribution in [-0.2, 0) is 13.1 Å². The van der Waals surface area contributed by atoms with Crippen molar-refractivity contribution in [2.75, 3.05) is 6.54 Å². The number of nitrogens with one attached hydrogen (secondary N) is 1. The Hall–Kier alpha value is -0.250. The molecule has 0 spiro atoms. The molecule has 0 amide bonds. The SMILES string of the molecule is CCNCc1nccn1CC.Cl.Cl. The maximum Gasteiger partial charge on any atom is 0.122 e. The monoisotopic (exact) mass is 225 g/mol. The van der Waals surface area contributed by atoms with E-state index >= 15 is 0 Å². The zero-order valence-electron chi connectivity index (χ0n) is 7.99. The van der Waals surface area contributed by atoms with Gasteiger partial charge in [0.1, 0.15) is 5.82 Å². The van der Waals surface area contributed by atoms with Crippen molar-refractivity contribution >= 4 is 24.8 Å². The zero-order valence-corrected chi connectivity index (χ0v) is 9.62. The summed E-state index contributed by atoms with van der Waals surface area (Å²) < 4.78 is 2.14. The molecule has 0 aliphatic heterocycles. The van der Waals surface area contributed by atoms with Crippen molar-refractivity contribution in [2.45, 2.75) is 26.9 Å². The molecule has 78 valence electrons. The van der Waals surface area contributed by atoms with Crippen LogP contribution in [0, 0.1) is 0 Å². The fraction of sp³-hybridized carbons (Fsp3) is 0.625. The maximum absolute atomic E-state index is 4.22. The van der Waals surface area contributed by atoms with Crippen molar-refractivity contribution < 1.29 is 0 Å². The van der Waals surface area contributed by atoms with Crippen LogP contribution < -0.4 is 5.32 Å². The molecule has 0 saturated carbocycles. The minimum absolute atomic E-state index is 0. The van der Waals surface area contributed by atoms with Crippen LogP contribution in [0.5, 0.6) is 0 Å². The first kappa shape index (κ1) is 15.2. The van der Waals surface area contributed by atoms with Gasteiger partial charge in [-0.05, 0) is 13.5 Å². The summed E-state index contributed by atoms with van der Waals surface area (Å²) in [4.78, 5) is 4.22. The van der Waals surface area contributed by atoms with Crippen LogP contribution in [-0.4, -0.2) is 16.1 Å². The first-order chi connectivity index (χ1) is 5.38. The van der Waals surface area contributed by atoms with Crippen LogP contribution in [0.15, 0.2) is 12.4 Å². The molecule has 0 bridgehead atoms. The van der Waals surface area contributed by atoms with Crippen molar-refractivity contribution in [3.05, 3.63) is 18.2 Å². The number of hydrogen-bond donors (Lipinski definition) is 1. The number of imidazole rings is 1. The van der Waals surface area contributed by atoms with Gasteiger partial charge in [0, 0.05) is 18.9 Å². The second-order valence-corrected chi connectivity index (χ2v) is 2.41. The van der Waals surface area contributed by atoms with Crippen molar-refractivity contribution in [3.8, 4) is 0 Å². The second kappa shape index (κ2) is 8.35. The molecular weight excluding hydrogens is 209 g/mol. The summed E-state index contributed by atoms with van der Waals surface area (Å²) >= 11 is 0. The van der Waals surface area contributed by atoms with Gasteiger partial charge in [-0.15, -0.1) is 24.8 Å². The summed E-state index contributed by atoms with van der Waals surface area (Å²) in [6.45, 7) is 7.09. The van der Waals surface area contributed by atoms with Gasteiger partial charge in [0.25, 0.3) is 0 Å². The van der Waals surface area contributed by atoms with Crippen LogP contribution in [0.2, 0.25) is 0 Å². The highest BCUT2D eigenvalue weighted by Crippen LogP contribution is 1.95. The molecule has 1 N–H and O–H groups in total. The second-order valence-electron chi connectivity index (χ2n) is 2.41. The van der Waals surface area contributed by atoms with E-state index in [1.165, 1.54) is 0 Å². The molecule has 13 heavy (non-hydrogen) atoms. The van der Waals surface area contributed by atoms with Gasteiger partial charge in [-0.1, -0.05) is 6.92 Å². The van der Waals surface area contributed by atoms with Gasteiger partial charge in [0.2, 0.25) is 0 Å². The van der Waals surface area contributed by atoms with E-state index < -0.39 is 0 Å². The topological polar surface area (TPSA) is 29.9 Å². The number of aromatic nitrogens is 2. The predicted octanol–water partition coefficient (Wildman–Crippen LogP) is 1.86. The molecule has 1 aromatic heterocycles. The lowest BCUT2D eigenvalue weighted by atomic mass is 10.5. The molecule has 0 radical (unpaired) electrons.